The molecule has 1 N–H and O–H groups in total. The monoisotopic (exact) mass is 267 g/mol. The fourth-order valence-electron chi connectivity index (χ4n) is 2.36. The number of rotatable bonds is 14. The van der Waals surface area contributed by atoms with Crippen molar-refractivity contribution in [3.63, 3.8) is 0 Å². The molecule has 1 nitrogen and oxygen atoms in total. The average molecular weight is 268 g/mol. The van der Waals surface area contributed by atoms with Gasteiger partial charge in [-0.2, -0.15) is 0 Å². The van der Waals surface area contributed by atoms with Gasteiger partial charge >= 0.3 is 0 Å². The second-order valence-corrected chi connectivity index (χ2v) is 5.81. The number of hydrogen-bond donors (Lipinski definition) is 1. The van der Waals surface area contributed by atoms with Crippen molar-refractivity contribution < 1.29 is 0 Å². The van der Waals surface area contributed by atoms with Crippen LogP contribution >= 0.6 is 0 Å². The van der Waals surface area contributed by atoms with E-state index in [1.54, 1.807) is 5.57 Å². The molecular weight excluding hydrogens is 230 g/mol. The van der Waals surface area contributed by atoms with Gasteiger partial charge in [-0.3, -0.25) is 0 Å². The molecule has 0 aromatic carbocycles. The van der Waals surface area contributed by atoms with Crippen LogP contribution in [0.3, 0.4) is 0 Å². The first-order chi connectivity index (χ1) is 9.31. The highest BCUT2D eigenvalue weighted by molar-refractivity contribution is 4.97. The molecule has 0 amide bonds. The number of unbranched alkanes of at least 4 members (excludes halogenated alkanes) is 7. The maximum Gasteiger partial charge on any atom is -0.00142 e. The number of hydrogen-bond acceptors (Lipinski definition) is 1. The zero-order valence-electron chi connectivity index (χ0n) is 13.8. The predicted octanol–water partition coefficient (Wildman–Crippen LogP) is 5.85. The molecule has 0 bridgehead atoms. The van der Waals surface area contributed by atoms with Gasteiger partial charge in [-0.15, -0.1) is 0 Å². The molecule has 1 heteroatoms. The topological polar surface area (TPSA) is 12.0 Å². The van der Waals surface area contributed by atoms with Crippen molar-refractivity contribution >= 4 is 0 Å². The van der Waals surface area contributed by atoms with E-state index in [1.807, 2.05) is 0 Å². The Hall–Kier alpha value is -0.300. The molecule has 114 valence electrons. The second kappa shape index (κ2) is 15.8. The van der Waals surface area contributed by atoms with E-state index in [-0.39, 0.29) is 0 Å². The fraction of sp³-hybridized carbons (Fsp3) is 0.889. The Kier molecular flexibility index (Phi) is 15.5. The zero-order chi connectivity index (χ0) is 14.2. The van der Waals surface area contributed by atoms with Gasteiger partial charge in [0.05, 0.1) is 0 Å². The van der Waals surface area contributed by atoms with Gasteiger partial charge in [-0.05, 0) is 45.7 Å². The fourth-order valence-corrected chi connectivity index (χ4v) is 2.36. The Labute approximate surface area is 122 Å². The SMILES string of the molecule is CCCCCCCCCCC(C)=CCCNCCC. The third-order valence-electron chi connectivity index (χ3n) is 3.67. The molecule has 0 aliphatic heterocycles. The first-order valence-electron chi connectivity index (χ1n) is 8.67. The highest BCUT2D eigenvalue weighted by atomic mass is 14.8. The average Bonchev–Trinajstić information content (AvgIpc) is 2.41. The molecule has 0 rings (SSSR count). The molecule has 0 fully saturated rings. The molecule has 0 aromatic heterocycles. The Balaban J connectivity index is 3.23. The van der Waals surface area contributed by atoms with Crippen LogP contribution in [0.2, 0.25) is 0 Å². The van der Waals surface area contributed by atoms with Gasteiger partial charge in [0.25, 0.3) is 0 Å². The summed E-state index contributed by atoms with van der Waals surface area (Å²) >= 11 is 0. The third kappa shape index (κ3) is 15.6. The highest BCUT2D eigenvalue weighted by Gasteiger charge is 1.93. The minimum absolute atomic E-state index is 1.14. The van der Waals surface area contributed by atoms with E-state index in [0.29, 0.717) is 0 Å². The first-order valence-corrected chi connectivity index (χ1v) is 8.67. The summed E-state index contributed by atoms with van der Waals surface area (Å²) in [4.78, 5) is 0. The molecule has 0 unspecified atom stereocenters. The van der Waals surface area contributed by atoms with Crippen LogP contribution in [-0.2, 0) is 0 Å². The molecule has 0 atom stereocenters. The van der Waals surface area contributed by atoms with E-state index < -0.39 is 0 Å². The summed E-state index contributed by atoms with van der Waals surface area (Å²) in [5.74, 6) is 0. The van der Waals surface area contributed by atoms with Gasteiger partial charge in [-0.1, -0.05) is 70.4 Å². The predicted molar refractivity (Wildman–Crippen MR) is 88.8 cm³/mol. The van der Waals surface area contributed by atoms with Crippen molar-refractivity contribution in [1.82, 2.24) is 5.32 Å². The first kappa shape index (κ1) is 18.7. The Morgan fingerprint density at radius 1 is 0.789 bits per heavy atom. The van der Waals surface area contributed by atoms with Gasteiger partial charge in [0, 0.05) is 0 Å². The minimum atomic E-state index is 1.14. The van der Waals surface area contributed by atoms with Crippen molar-refractivity contribution in [3.8, 4) is 0 Å². The lowest BCUT2D eigenvalue weighted by atomic mass is 10.0. The molecule has 0 saturated carbocycles. The lowest BCUT2D eigenvalue weighted by Gasteiger charge is -2.04. The minimum Gasteiger partial charge on any atom is -0.316 e. The van der Waals surface area contributed by atoms with Crippen molar-refractivity contribution in [3.05, 3.63) is 11.6 Å². The zero-order valence-corrected chi connectivity index (χ0v) is 13.8. The second-order valence-electron chi connectivity index (χ2n) is 5.81. The molecule has 0 heterocycles. The van der Waals surface area contributed by atoms with Gasteiger partial charge in [0.2, 0.25) is 0 Å². The summed E-state index contributed by atoms with van der Waals surface area (Å²) < 4.78 is 0. The van der Waals surface area contributed by atoms with Crippen LogP contribution in [-0.4, -0.2) is 13.1 Å². The standard InChI is InChI=1S/C18H37N/c1-4-6-7-8-9-10-11-12-14-18(3)15-13-17-19-16-5-2/h15,19H,4-14,16-17H2,1-3H3. The van der Waals surface area contributed by atoms with Crippen LogP contribution in [0.25, 0.3) is 0 Å². The van der Waals surface area contributed by atoms with Crippen LogP contribution in [0.4, 0.5) is 0 Å². The molecule has 0 spiro atoms. The molecular formula is C18H37N. The van der Waals surface area contributed by atoms with Crippen molar-refractivity contribution in [2.24, 2.45) is 0 Å². The van der Waals surface area contributed by atoms with Crippen LogP contribution < -0.4 is 5.32 Å². The molecule has 19 heavy (non-hydrogen) atoms. The summed E-state index contributed by atoms with van der Waals surface area (Å²) in [5, 5.41) is 3.45. The van der Waals surface area contributed by atoms with Crippen molar-refractivity contribution in [1.29, 1.82) is 0 Å². The molecule has 0 saturated heterocycles. The molecule has 0 radical (unpaired) electrons. The maximum absolute atomic E-state index is 3.45. The normalized spacial score (nSPS) is 12.1. The van der Waals surface area contributed by atoms with Crippen LogP contribution in [0.1, 0.15) is 91.4 Å². The van der Waals surface area contributed by atoms with Crippen molar-refractivity contribution in [2.75, 3.05) is 13.1 Å². The van der Waals surface area contributed by atoms with Crippen LogP contribution in [0.5, 0.6) is 0 Å². The smallest absolute Gasteiger partial charge is 0.00142 e. The molecule has 0 aliphatic carbocycles. The number of nitrogens with one attached hydrogen (secondary N) is 1. The largest absolute Gasteiger partial charge is 0.316 e. The van der Waals surface area contributed by atoms with E-state index in [2.05, 4.69) is 32.2 Å². The van der Waals surface area contributed by atoms with Crippen molar-refractivity contribution in [2.45, 2.75) is 91.4 Å². The van der Waals surface area contributed by atoms with E-state index in [9.17, 15) is 0 Å². The van der Waals surface area contributed by atoms with Gasteiger partial charge in [-0.25, -0.2) is 0 Å². The highest BCUT2D eigenvalue weighted by Crippen LogP contribution is 2.12. The Bertz CT molecular complexity index is 196. The number of allylic oxidation sites excluding steroid dienone is 1. The van der Waals surface area contributed by atoms with Crippen LogP contribution in [0.15, 0.2) is 11.6 Å². The summed E-state index contributed by atoms with van der Waals surface area (Å²) in [6.45, 7) is 9.10. The lowest BCUT2D eigenvalue weighted by molar-refractivity contribution is 0.574. The van der Waals surface area contributed by atoms with Gasteiger partial charge < -0.3 is 5.32 Å². The van der Waals surface area contributed by atoms with E-state index in [0.717, 1.165) is 13.1 Å². The Morgan fingerprint density at radius 3 is 2.05 bits per heavy atom. The van der Waals surface area contributed by atoms with Gasteiger partial charge in [0.1, 0.15) is 0 Å². The lowest BCUT2D eigenvalue weighted by Crippen LogP contribution is -2.15. The summed E-state index contributed by atoms with van der Waals surface area (Å²) in [6.07, 6.45) is 17.5. The summed E-state index contributed by atoms with van der Waals surface area (Å²) in [7, 11) is 0. The quantitative estimate of drug-likeness (QED) is 0.307. The maximum atomic E-state index is 3.45. The van der Waals surface area contributed by atoms with Crippen LogP contribution in [0, 0.1) is 0 Å². The summed E-state index contributed by atoms with van der Waals surface area (Å²) in [5.41, 5.74) is 1.59. The third-order valence-corrected chi connectivity index (χ3v) is 3.67. The van der Waals surface area contributed by atoms with Gasteiger partial charge in [0.15, 0.2) is 0 Å². The van der Waals surface area contributed by atoms with E-state index in [1.165, 1.54) is 70.6 Å². The molecule has 0 aliphatic rings. The Morgan fingerprint density at radius 2 is 1.42 bits per heavy atom. The summed E-state index contributed by atoms with van der Waals surface area (Å²) in [6, 6.07) is 0. The van der Waals surface area contributed by atoms with E-state index >= 15 is 0 Å². The molecule has 0 aromatic rings. The van der Waals surface area contributed by atoms with E-state index in [4.69, 9.17) is 0 Å².